The molecule has 0 saturated heterocycles. The molecule has 1 aliphatic carbocycles. The van der Waals surface area contributed by atoms with Crippen molar-refractivity contribution >= 4 is 5.95 Å². The summed E-state index contributed by atoms with van der Waals surface area (Å²) in [6, 6.07) is 0. The monoisotopic (exact) mass is 278 g/mol. The van der Waals surface area contributed by atoms with Crippen LogP contribution in [0.3, 0.4) is 0 Å². The SMILES string of the molecule is CCOC(C)(C)c1nc(N)nc(C2CCCCCC2)n1. The van der Waals surface area contributed by atoms with Crippen LogP contribution < -0.4 is 5.73 Å². The summed E-state index contributed by atoms with van der Waals surface area (Å²) >= 11 is 0. The largest absolute Gasteiger partial charge is 0.368 e. The second-order valence-corrected chi connectivity index (χ2v) is 6.01. The molecule has 0 aromatic carbocycles. The zero-order chi connectivity index (χ0) is 14.6. The fraction of sp³-hybridized carbons (Fsp3) is 0.800. The minimum Gasteiger partial charge on any atom is -0.368 e. The summed E-state index contributed by atoms with van der Waals surface area (Å²) in [7, 11) is 0. The van der Waals surface area contributed by atoms with Gasteiger partial charge in [0, 0.05) is 12.5 Å². The van der Waals surface area contributed by atoms with Crippen molar-refractivity contribution in [1.82, 2.24) is 15.0 Å². The zero-order valence-electron chi connectivity index (χ0n) is 12.9. The van der Waals surface area contributed by atoms with Crippen LogP contribution >= 0.6 is 0 Å². The topological polar surface area (TPSA) is 73.9 Å². The van der Waals surface area contributed by atoms with Gasteiger partial charge in [-0.3, -0.25) is 0 Å². The van der Waals surface area contributed by atoms with E-state index in [1.165, 1.54) is 25.7 Å². The van der Waals surface area contributed by atoms with Crippen molar-refractivity contribution in [3.05, 3.63) is 11.6 Å². The van der Waals surface area contributed by atoms with Crippen molar-refractivity contribution in [1.29, 1.82) is 0 Å². The first-order valence-electron chi connectivity index (χ1n) is 7.69. The Labute approximate surface area is 121 Å². The summed E-state index contributed by atoms with van der Waals surface area (Å²) < 4.78 is 5.73. The maximum absolute atomic E-state index is 5.88. The number of ether oxygens (including phenoxy) is 1. The second-order valence-electron chi connectivity index (χ2n) is 6.01. The predicted molar refractivity (Wildman–Crippen MR) is 79.3 cm³/mol. The van der Waals surface area contributed by atoms with E-state index >= 15 is 0 Å². The lowest BCUT2D eigenvalue weighted by atomic mass is 9.99. The zero-order valence-corrected chi connectivity index (χ0v) is 12.9. The minimum absolute atomic E-state index is 0.307. The van der Waals surface area contributed by atoms with E-state index in [1.807, 2.05) is 20.8 Å². The Morgan fingerprint density at radius 3 is 2.35 bits per heavy atom. The van der Waals surface area contributed by atoms with Gasteiger partial charge in [0.1, 0.15) is 11.4 Å². The van der Waals surface area contributed by atoms with Crippen molar-refractivity contribution < 1.29 is 4.74 Å². The first kappa shape index (κ1) is 15.2. The van der Waals surface area contributed by atoms with Gasteiger partial charge in [-0.25, -0.2) is 4.98 Å². The smallest absolute Gasteiger partial charge is 0.223 e. The van der Waals surface area contributed by atoms with E-state index < -0.39 is 5.60 Å². The van der Waals surface area contributed by atoms with Crippen LogP contribution in [0.15, 0.2) is 0 Å². The first-order valence-corrected chi connectivity index (χ1v) is 7.69. The highest BCUT2D eigenvalue weighted by Gasteiger charge is 2.27. The van der Waals surface area contributed by atoms with E-state index in [9.17, 15) is 0 Å². The summed E-state index contributed by atoms with van der Waals surface area (Å²) in [4.78, 5) is 13.3. The Hall–Kier alpha value is -1.23. The highest BCUT2D eigenvalue weighted by molar-refractivity contribution is 5.20. The van der Waals surface area contributed by atoms with Crippen LogP contribution in [-0.4, -0.2) is 21.6 Å². The fourth-order valence-electron chi connectivity index (χ4n) is 2.82. The van der Waals surface area contributed by atoms with Gasteiger partial charge >= 0.3 is 0 Å². The Morgan fingerprint density at radius 2 is 1.75 bits per heavy atom. The molecule has 112 valence electrons. The van der Waals surface area contributed by atoms with Gasteiger partial charge in [-0.2, -0.15) is 9.97 Å². The third-order valence-corrected chi connectivity index (χ3v) is 3.93. The van der Waals surface area contributed by atoms with Crippen molar-refractivity contribution in [2.45, 2.75) is 70.8 Å². The molecule has 0 amide bonds. The molecule has 1 aliphatic rings. The van der Waals surface area contributed by atoms with Crippen LogP contribution in [0.4, 0.5) is 5.95 Å². The lowest BCUT2D eigenvalue weighted by molar-refractivity contribution is -0.0211. The fourth-order valence-corrected chi connectivity index (χ4v) is 2.82. The Balaban J connectivity index is 2.27. The first-order chi connectivity index (χ1) is 9.53. The molecule has 0 spiro atoms. The standard InChI is InChI=1S/C15H26N4O/c1-4-20-15(2,3)13-17-12(18-14(16)19-13)11-9-7-5-6-8-10-11/h11H,4-10H2,1-3H3,(H2,16,17,18,19). The lowest BCUT2D eigenvalue weighted by Gasteiger charge is -2.24. The van der Waals surface area contributed by atoms with Crippen LogP contribution in [0.5, 0.6) is 0 Å². The van der Waals surface area contributed by atoms with Crippen molar-refractivity contribution in [2.24, 2.45) is 0 Å². The predicted octanol–water partition coefficient (Wildman–Crippen LogP) is 3.16. The van der Waals surface area contributed by atoms with Crippen LogP contribution in [0.1, 0.15) is 76.9 Å². The maximum Gasteiger partial charge on any atom is 0.223 e. The summed E-state index contributed by atoms with van der Waals surface area (Å²) in [6.45, 7) is 6.54. The summed E-state index contributed by atoms with van der Waals surface area (Å²) in [6.07, 6.45) is 7.43. The van der Waals surface area contributed by atoms with Gasteiger partial charge in [0.05, 0.1) is 0 Å². The number of nitrogens with two attached hydrogens (primary N) is 1. The molecule has 1 fully saturated rings. The molecule has 0 bridgehead atoms. The van der Waals surface area contributed by atoms with Crippen LogP contribution in [0.25, 0.3) is 0 Å². The number of rotatable bonds is 4. The molecule has 5 heteroatoms. The van der Waals surface area contributed by atoms with Gasteiger partial charge in [0.2, 0.25) is 5.95 Å². The molecule has 0 unspecified atom stereocenters. The number of nitrogen functional groups attached to an aromatic ring is 1. The Kier molecular flexibility index (Phi) is 4.91. The lowest BCUT2D eigenvalue weighted by Crippen LogP contribution is -2.27. The molecule has 20 heavy (non-hydrogen) atoms. The average Bonchev–Trinajstić information content (AvgIpc) is 2.66. The molecule has 1 aromatic rings. The summed E-state index contributed by atoms with van der Waals surface area (Å²) in [5.41, 5.74) is 5.36. The van der Waals surface area contributed by atoms with Crippen molar-refractivity contribution in [2.75, 3.05) is 12.3 Å². The van der Waals surface area contributed by atoms with Gasteiger partial charge < -0.3 is 10.5 Å². The minimum atomic E-state index is -0.523. The number of hydrogen-bond acceptors (Lipinski definition) is 5. The number of aromatic nitrogens is 3. The van der Waals surface area contributed by atoms with Crippen LogP contribution in [0, 0.1) is 0 Å². The molecule has 0 atom stereocenters. The van der Waals surface area contributed by atoms with Gasteiger partial charge in [-0.05, 0) is 33.6 Å². The number of hydrogen-bond donors (Lipinski definition) is 1. The quantitative estimate of drug-likeness (QED) is 0.856. The van der Waals surface area contributed by atoms with Gasteiger partial charge in [0.25, 0.3) is 0 Å². The third-order valence-electron chi connectivity index (χ3n) is 3.93. The molecule has 2 rings (SSSR count). The normalized spacial score (nSPS) is 17.9. The summed E-state index contributed by atoms with van der Waals surface area (Å²) in [5, 5.41) is 0. The molecule has 1 heterocycles. The Bertz CT molecular complexity index is 439. The molecule has 0 aliphatic heterocycles. The third kappa shape index (κ3) is 3.66. The molecular formula is C15H26N4O. The highest BCUT2D eigenvalue weighted by Crippen LogP contribution is 2.31. The molecule has 2 N–H and O–H groups in total. The van der Waals surface area contributed by atoms with Crippen molar-refractivity contribution in [3.63, 3.8) is 0 Å². The number of nitrogens with zero attached hydrogens (tertiary/aromatic N) is 3. The van der Waals surface area contributed by atoms with E-state index in [0.29, 0.717) is 24.3 Å². The van der Waals surface area contributed by atoms with E-state index in [-0.39, 0.29) is 0 Å². The van der Waals surface area contributed by atoms with Gasteiger partial charge in [-0.1, -0.05) is 25.7 Å². The van der Waals surface area contributed by atoms with Crippen LogP contribution in [-0.2, 0) is 10.3 Å². The van der Waals surface area contributed by atoms with Gasteiger partial charge in [0.15, 0.2) is 5.82 Å². The van der Waals surface area contributed by atoms with E-state index in [2.05, 4.69) is 15.0 Å². The maximum atomic E-state index is 5.88. The molecule has 1 aromatic heterocycles. The molecule has 1 saturated carbocycles. The average molecular weight is 278 g/mol. The number of anilines is 1. The van der Waals surface area contributed by atoms with E-state index in [0.717, 1.165) is 18.7 Å². The molecule has 0 radical (unpaired) electrons. The summed E-state index contributed by atoms with van der Waals surface area (Å²) in [5.74, 6) is 2.22. The highest BCUT2D eigenvalue weighted by atomic mass is 16.5. The second kappa shape index (κ2) is 6.48. The molecule has 5 nitrogen and oxygen atoms in total. The van der Waals surface area contributed by atoms with Crippen molar-refractivity contribution in [3.8, 4) is 0 Å². The van der Waals surface area contributed by atoms with E-state index in [1.54, 1.807) is 0 Å². The Morgan fingerprint density at radius 1 is 1.10 bits per heavy atom. The molecular weight excluding hydrogens is 252 g/mol. The van der Waals surface area contributed by atoms with E-state index in [4.69, 9.17) is 10.5 Å². The van der Waals surface area contributed by atoms with Crippen LogP contribution in [0.2, 0.25) is 0 Å². The van der Waals surface area contributed by atoms with Gasteiger partial charge in [-0.15, -0.1) is 0 Å².